The molecule has 1 aromatic carbocycles. The number of benzene rings is 1. The van der Waals surface area contributed by atoms with E-state index in [4.69, 9.17) is 4.74 Å². The molecule has 4 nitrogen and oxygen atoms in total. The molecule has 21 heavy (non-hydrogen) atoms. The van der Waals surface area contributed by atoms with Gasteiger partial charge >= 0.3 is 6.18 Å². The Morgan fingerprint density at radius 3 is 2.81 bits per heavy atom. The van der Waals surface area contributed by atoms with Gasteiger partial charge in [0.15, 0.2) is 6.61 Å². The maximum Gasteiger partial charge on any atom is 0.416 e. The fourth-order valence-corrected chi connectivity index (χ4v) is 1.96. The van der Waals surface area contributed by atoms with Crippen LogP contribution in [0.5, 0.6) is 5.75 Å². The summed E-state index contributed by atoms with van der Waals surface area (Å²) in [6, 6.07) is 4.53. The smallest absolute Gasteiger partial charge is 0.416 e. The summed E-state index contributed by atoms with van der Waals surface area (Å²) in [6.07, 6.45) is -3.58. The van der Waals surface area contributed by atoms with E-state index in [1.165, 1.54) is 12.1 Å². The number of alkyl halides is 3. The Morgan fingerprint density at radius 1 is 1.43 bits per heavy atom. The van der Waals surface area contributed by atoms with Gasteiger partial charge in [0, 0.05) is 12.6 Å². The molecule has 2 rings (SSSR count). The van der Waals surface area contributed by atoms with Crippen LogP contribution in [0, 0.1) is 0 Å². The minimum absolute atomic E-state index is 0. The van der Waals surface area contributed by atoms with Crippen LogP contribution in [0.1, 0.15) is 12.0 Å². The molecule has 0 aromatic heterocycles. The highest BCUT2D eigenvalue weighted by Gasteiger charge is 2.30. The monoisotopic (exact) mass is 324 g/mol. The van der Waals surface area contributed by atoms with Gasteiger partial charge < -0.3 is 15.4 Å². The second-order valence-corrected chi connectivity index (χ2v) is 4.57. The first-order valence-corrected chi connectivity index (χ1v) is 6.25. The normalized spacial score (nSPS) is 18.0. The predicted molar refractivity (Wildman–Crippen MR) is 73.6 cm³/mol. The summed E-state index contributed by atoms with van der Waals surface area (Å²) in [7, 11) is 0. The first-order valence-electron chi connectivity index (χ1n) is 6.25. The van der Waals surface area contributed by atoms with Gasteiger partial charge in [-0.15, -0.1) is 12.4 Å². The van der Waals surface area contributed by atoms with E-state index in [0.717, 1.165) is 25.1 Å². The Bertz CT molecular complexity index is 477. The van der Waals surface area contributed by atoms with E-state index in [1.54, 1.807) is 0 Å². The maximum absolute atomic E-state index is 12.5. The molecule has 118 valence electrons. The van der Waals surface area contributed by atoms with E-state index in [-0.39, 0.29) is 36.7 Å². The predicted octanol–water partition coefficient (Wildman–Crippen LogP) is 1.98. The van der Waals surface area contributed by atoms with Gasteiger partial charge in [-0.3, -0.25) is 4.79 Å². The summed E-state index contributed by atoms with van der Waals surface area (Å²) in [5.74, 6) is -0.310. The molecule has 1 saturated heterocycles. The van der Waals surface area contributed by atoms with Gasteiger partial charge in [0.25, 0.3) is 5.91 Å². The van der Waals surface area contributed by atoms with Crippen molar-refractivity contribution in [2.45, 2.75) is 18.6 Å². The highest BCUT2D eigenvalue weighted by molar-refractivity contribution is 5.85. The highest BCUT2D eigenvalue weighted by atomic mass is 35.5. The third-order valence-corrected chi connectivity index (χ3v) is 2.96. The lowest BCUT2D eigenvalue weighted by Gasteiger charge is -2.13. The van der Waals surface area contributed by atoms with Crippen molar-refractivity contribution in [1.82, 2.24) is 10.6 Å². The van der Waals surface area contributed by atoms with E-state index in [2.05, 4.69) is 10.6 Å². The van der Waals surface area contributed by atoms with Crippen LogP contribution in [0.15, 0.2) is 24.3 Å². The molecule has 1 aromatic rings. The first-order chi connectivity index (χ1) is 9.45. The van der Waals surface area contributed by atoms with E-state index in [0.29, 0.717) is 6.54 Å². The summed E-state index contributed by atoms with van der Waals surface area (Å²) < 4.78 is 42.6. The van der Waals surface area contributed by atoms with Crippen molar-refractivity contribution >= 4 is 18.3 Å². The molecule has 1 unspecified atom stereocenters. The third-order valence-electron chi connectivity index (χ3n) is 2.96. The SMILES string of the molecule is Cl.O=C(COc1cccc(C(F)(F)F)c1)NC1CCNC1. The van der Waals surface area contributed by atoms with Crippen molar-refractivity contribution in [3.8, 4) is 5.75 Å². The van der Waals surface area contributed by atoms with Crippen molar-refractivity contribution in [2.24, 2.45) is 0 Å². The number of halogens is 4. The summed E-state index contributed by atoms with van der Waals surface area (Å²) in [5.41, 5.74) is -0.796. The molecule has 0 radical (unpaired) electrons. The molecule has 1 aliphatic rings. The maximum atomic E-state index is 12.5. The largest absolute Gasteiger partial charge is 0.484 e. The number of carbonyl (C=O) groups excluding carboxylic acids is 1. The van der Waals surface area contributed by atoms with Gasteiger partial charge in [0.05, 0.1) is 5.56 Å². The van der Waals surface area contributed by atoms with Crippen LogP contribution in [-0.2, 0) is 11.0 Å². The van der Waals surface area contributed by atoms with Crippen molar-refractivity contribution < 1.29 is 22.7 Å². The highest BCUT2D eigenvalue weighted by Crippen LogP contribution is 2.31. The van der Waals surface area contributed by atoms with E-state index in [9.17, 15) is 18.0 Å². The van der Waals surface area contributed by atoms with Crippen LogP contribution in [0.25, 0.3) is 0 Å². The zero-order chi connectivity index (χ0) is 14.6. The van der Waals surface area contributed by atoms with Crippen LogP contribution in [0.2, 0.25) is 0 Å². The zero-order valence-electron chi connectivity index (χ0n) is 11.1. The molecule has 0 aliphatic carbocycles. The topological polar surface area (TPSA) is 50.4 Å². The summed E-state index contributed by atoms with van der Waals surface area (Å²) in [6.45, 7) is 1.26. The molecule has 2 N–H and O–H groups in total. The Balaban J connectivity index is 0.00000220. The van der Waals surface area contributed by atoms with Crippen molar-refractivity contribution in [3.63, 3.8) is 0 Å². The summed E-state index contributed by atoms with van der Waals surface area (Å²) in [4.78, 5) is 11.6. The van der Waals surface area contributed by atoms with E-state index < -0.39 is 11.7 Å². The van der Waals surface area contributed by atoms with Crippen LogP contribution in [0.3, 0.4) is 0 Å². The second kappa shape index (κ2) is 7.51. The quantitative estimate of drug-likeness (QED) is 0.890. The van der Waals surface area contributed by atoms with Crippen molar-refractivity contribution in [3.05, 3.63) is 29.8 Å². The standard InChI is InChI=1S/C13H15F3N2O2.ClH/c14-13(15,16)9-2-1-3-11(6-9)20-8-12(19)18-10-4-5-17-7-10;/h1-3,6,10,17H,4-5,7-8H2,(H,18,19);1H. The van der Waals surface area contributed by atoms with E-state index in [1.807, 2.05) is 0 Å². The lowest BCUT2D eigenvalue weighted by molar-refractivity contribution is -0.137. The molecule has 1 fully saturated rings. The molecular formula is C13H16ClF3N2O2. The Morgan fingerprint density at radius 2 is 2.19 bits per heavy atom. The number of carbonyl (C=O) groups is 1. The first kappa shape index (κ1) is 17.6. The van der Waals surface area contributed by atoms with Crippen LogP contribution in [-0.4, -0.2) is 31.6 Å². The zero-order valence-corrected chi connectivity index (χ0v) is 11.9. The average Bonchev–Trinajstić information content (AvgIpc) is 2.88. The van der Waals surface area contributed by atoms with E-state index >= 15 is 0 Å². The van der Waals surface area contributed by atoms with Gasteiger partial charge in [-0.2, -0.15) is 13.2 Å². The van der Waals surface area contributed by atoms with Gasteiger partial charge in [-0.1, -0.05) is 6.07 Å². The van der Waals surface area contributed by atoms with Gasteiger partial charge in [0.2, 0.25) is 0 Å². The minimum atomic E-state index is -4.42. The summed E-state index contributed by atoms with van der Waals surface area (Å²) >= 11 is 0. The molecule has 1 heterocycles. The Labute approximate surface area is 126 Å². The van der Waals surface area contributed by atoms with Crippen LogP contribution < -0.4 is 15.4 Å². The third kappa shape index (κ3) is 5.43. The molecule has 0 saturated carbocycles. The number of rotatable bonds is 4. The van der Waals surface area contributed by atoms with Gasteiger partial charge in [0.1, 0.15) is 5.75 Å². The molecule has 1 amide bonds. The number of nitrogens with one attached hydrogen (secondary N) is 2. The lowest BCUT2D eigenvalue weighted by Crippen LogP contribution is -2.39. The molecule has 1 atom stereocenters. The minimum Gasteiger partial charge on any atom is -0.484 e. The lowest BCUT2D eigenvalue weighted by atomic mass is 10.2. The van der Waals surface area contributed by atoms with Gasteiger partial charge in [-0.05, 0) is 31.2 Å². The average molecular weight is 325 g/mol. The number of hydrogen-bond donors (Lipinski definition) is 2. The Hall–Kier alpha value is -1.47. The number of amides is 1. The summed E-state index contributed by atoms with van der Waals surface area (Å²) in [5, 5.41) is 5.84. The fourth-order valence-electron chi connectivity index (χ4n) is 1.96. The molecule has 8 heteroatoms. The molecule has 1 aliphatic heterocycles. The molecular weight excluding hydrogens is 309 g/mol. The second-order valence-electron chi connectivity index (χ2n) is 4.57. The Kier molecular flexibility index (Phi) is 6.29. The van der Waals surface area contributed by atoms with Crippen molar-refractivity contribution in [2.75, 3.05) is 19.7 Å². The van der Waals surface area contributed by atoms with Crippen LogP contribution in [0.4, 0.5) is 13.2 Å². The number of ether oxygens (including phenoxy) is 1. The fraction of sp³-hybridized carbons (Fsp3) is 0.462. The van der Waals surface area contributed by atoms with Crippen LogP contribution >= 0.6 is 12.4 Å². The van der Waals surface area contributed by atoms with Gasteiger partial charge in [-0.25, -0.2) is 0 Å². The molecule has 0 bridgehead atoms. The number of hydrogen-bond acceptors (Lipinski definition) is 3. The molecule has 0 spiro atoms. The van der Waals surface area contributed by atoms with Crippen molar-refractivity contribution in [1.29, 1.82) is 0 Å².